The molecule has 1 amide bonds. The van der Waals surface area contributed by atoms with Crippen LogP contribution in [0.25, 0.3) is 0 Å². The van der Waals surface area contributed by atoms with Crippen molar-refractivity contribution in [2.24, 2.45) is 5.92 Å². The molecule has 0 unspecified atom stereocenters. The average molecular weight is 323 g/mol. The van der Waals surface area contributed by atoms with E-state index < -0.39 is 0 Å². The van der Waals surface area contributed by atoms with E-state index in [9.17, 15) is 10.0 Å². The SMILES string of the molecule is CC(=O)N(O)[C@H]1CC=C[C@@H]1Cc1cccc(Oc2ccccc2)c1. The maximum Gasteiger partial charge on any atom is 0.243 e. The number of carbonyl (C=O) groups excluding carboxylic acids is 1. The number of amides is 1. The predicted molar refractivity (Wildman–Crippen MR) is 92.0 cm³/mol. The minimum Gasteiger partial charge on any atom is -0.457 e. The zero-order valence-electron chi connectivity index (χ0n) is 13.6. The van der Waals surface area contributed by atoms with Crippen molar-refractivity contribution in [2.45, 2.75) is 25.8 Å². The third-order valence-electron chi connectivity index (χ3n) is 4.24. The largest absolute Gasteiger partial charge is 0.457 e. The molecule has 0 fully saturated rings. The predicted octanol–water partition coefficient (Wildman–Crippen LogP) is 4.20. The van der Waals surface area contributed by atoms with Gasteiger partial charge in [-0.3, -0.25) is 10.0 Å². The molecular formula is C20H21NO3. The monoisotopic (exact) mass is 323 g/mol. The number of para-hydroxylation sites is 1. The summed E-state index contributed by atoms with van der Waals surface area (Å²) in [5, 5.41) is 10.8. The van der Waals surface area contributed by atoms with Crippen LogP contribution in [-0.2, 0) is 11.2 Å². The van der Waals surface area contributed by atoms with E-state index in [0.717, 1.165) is 28.5 Å². The van der Waals surface area contributed by atoms with E-state index in [-0.39, 0.29) is 17.9 Å². The summed E-state index contributed by atoms with van der Waals surface area (Å²) < 4.78 is 5.86. The van der Waals surface area contributed by atoms with Gasteiger partial charge >= 0.3 is 0 Å². The molecule has 1 aliphatic rings. The molecule has 2 aromatic rings. The highest BCUT2D eigenvalue weighted by atomic mass is 16.5. The summed E-state index contributed by atoms with van der Waals surface area (Å²) in [7, 11) is 0. The van der Waals surface area contributed by atoms with Gasteiger partial charge in [-0.1, -0.05) is 42.5 Å². The molecular weight excluding hydrogens is 302 g/mol. The molecule has 0 heterocycles. The maximum atomic E-state index is 11.4. The second kappa shape index (κ2) is 7.32. The van der Waals surface area contributed by atoms with Crippen molar-refractivity contribution in [1.29, 1.82) is 0 Å². The van der Waals surface area contributed by atoms with E-state index in [0.29, 0.717) is 6.42 Å². The van der Waals surface area contributed by atoms with E-state index in [1.165, 1.54) is 6.92 Å². The standard InChI is InChI=1S/C20H21NO3/c1-15(22)21(23)20-12-6-8-17(20)13-16-7-5-11-19(14-16)24-18-9-3-2-4-10-18/h2-11,14,17,20,23H,12-13H2,1H3/t17-,20+/m1/s1. The molecule has 0 saturated heterocycles. The highest BCUT2D eigenvalue weighted by Gasteiger charge is 2.29. The van der Waals surface area contributed by atoms with Crippen LogP contribution in [0.15, 0.2) is 66.7 Å². The molecule has 3 rings (SSSR count). The number of carbonyl (C=O) groups is 1. The van der Waals surface area contributed by atoms with Gasteiger partial charge in [-0.25, -0.2) is 5.06 Å². The zero-order valence-corrected chi connectivity index (χ0v) is 13.6. The topological polar surface area (TPSA) is 49.8 Å². The van der Waals surface area contributed by atoms with Crippen LogP contribution in [0.5, 0.6) is 11.5 Å². The van der Waals surface area contributed by atoms with E-state index >= 15 is 0 Å². The molecule has 0 spiro atoms. The first-order valence-corrected chi connectivity index (χ1v) is 8.10. The summed E-state index contributed by atoms with van der Waals surface area (Å²) in [6.45, 7) is 1.38. The summed E-state index contributed by atoms with van der Waals surface area (Å²) >= 11 is 0. The van der Waals surface area contributed by atoms with Crippen LogP contribution in [0.1, 0.15) is 18.9 Å². The fraction of sp³-hybridized carbons (Fsp3) is 0.250. The number of ether oxygens (including phenoxy) is 1. The summed E-state index contributed by atoms with van der Waals surface area (Å²) in [6.07, 6.45) is 5.52. The number of hydrogen-bond donors (Lipinski definition) is 1. The Kier molecular flexibility index (Phi) is 4.96. The van der Waals surface area contributed by atoms with Gasteiger partial charge in [0.25, 0.3) is 0 Å². The van der Waals surface area contributed by atoms with Crippen LogP contribution in [0, 0.1) is 5.92 Å². The fourth-order valence-electron chi connectivity index (χ4n) is 3.05. The van der Waals surface area contributed by atoms with Crippen LogP contribution >= 0.6 is 0 Å². The molecule has 2 atom stereocenters. The molecule has 0 aliphatic heterocycles. The van der Waals surface area contributed by atoms with E-state index in [2.05, 4.69) is 6.08 Å². The summed E-state index contributed by atoms with van der Waals surface area (Å²) in [5.74, 6) is 1.36. The minimum absolute atomic E-state index is 0.103. The lowest BCUT2D eigenvalue weighted by Gasteiger charge is -2.26. The smallest absolute Gasteiger partial charge is 0.243 e. The Morgan fingerprint density at radius 1 is 1.17 bits per heavy atom. The summed E-state index contributed by atoms with van der Waals surface area (Å²) in [6, 6.07) is 17.4. The molecule has 1 aliphatic carbocycles. The van der Waals surface area contributed by atoms with Crippen molar-refractivity contribution in [3.63, 3.8) is 0 Å². The fourth-order valence-corrected chi connectivity index (χ4v) is 3.05. The molecule has 4 nitrogen and oxygen atoms in total. The zero-order chi connectivity index (χ0) is 16.9. The first-order valence-electron chi connectivity index (χ1n) is 8.10. The molecule has 0 aromatic heterocycles. The highest BCUT2D eigenvalue weighted by molar-refractivity contribution is 5.72. The quantitative estimate of drug-likeness (QED) is 0.509. The number of rotatable bonds is 5. The van der Waals surface area contributed by atoms with Crippen molar-refractivity contribution in [1.82, 2.24) is 5.06 Å². The Morgan fingerprint density at radius 2 is 1.92 bits per heavy atom. The normalized spacial score (nSPS) is 19.2. The van der Waals surface area contributed by atoms with Crippen LogP contribution in [-0.4, -0.2) is 22.2 Å². The molecule has 0 saturated carbocycles. The molecule has 24 heavy (non-hydrogen) atoms. The lowest BCUT2D eigenvalue weighted by Crippen LogP contribution is -2.39. The second-order valence-corrected chi connectivity index (χ2v) is 6.03. The van der Waals surface area contributed by atoms with Gasteiger partial charge in [-0.05, 0) is 42.7 Å². The number of benzene rings is 2. The van der Waals surface area contributed by atoms with Crippen molar-refractivity contribution in [2.75, 3.05) is 0 Å². The van der Waals surface area contributed by atoms with Gasteiger partial charge < -0.3 is 4.74 Å². The van der Waals surface area contributed by atoms with Crippen LogP contribution in [0.4, 0.5) is 0 Å². The van der Waals surface area contributed by atoms with Crippen LogP contribution in [0.2, 0.25) is 0 Å². The van der Waals surface area contributed by atoms with Gasteiger partial charge in [0.2, 0.25) is 5.91 Å². The van der Waals surface area contributed by atoms with Crippen molar-refractivity contribution in [3.8, 4) is 11.5 Å². The Hall–Kier alpha value is -2.59. The Bertz CT molecular complexity index is 727. The van der Waals surface area contributed by atoms with E-state index in [1.54, 1.807) is 0 Å². The van der Waals surface area contributed by atoms with Crippen molar-refractivity contribution >= 4 is 5.91 Å². The molecule has 0 bridgehead atoms. The number of hydroxylamine groups is 2. The van der Waals surface area contributed by atoms with Gasteiger partial charge in [0.15, 0.2) is 0 Å². The van der Waals surface area contributed by atoms with Gasteiger partial charge in [0.1, 0.15) is 11.5 Å². The van der Waals surface area contributed by atoms with Crippen molar-refractivity contribution < 1.29 is 14.7 Å². The van der Waals surface area contributed by atoms with Crippen molar-refractivity contribution in [3.05, 3.63) is 72.3 Å². The maximum absolute atomic E-state index is 11.4. The van der Waals surface area contributed by atoms with Gasteiger partial charge in [0, 0.05) is 12.8 Å². The number of nitrogens with zero attached hydrogens (tertiary/aromatic N) is 1. The summed E-state index contributed by atoms with van der Waals surface area (Å²) in [5.41, 5.74) is 1.11. The second-order valence-electron chi connectivity index (χ2n) is 6.03. The third kappa shape index (κ3) is 3.84. The minimum atomic E-state index is -0.324. The Labute approximate surface area is 141 Å². The molecule has 1 N–H and O–H groups in total. The molecule has 2 aromatic carbocycles. The molecule has 4 heteroatoms. The molecule has 124 valence electrons. The average Bonchev–Trinajstić information content (AvgIpc) is 3.03. The van der Waals surface area contributed by atoms with E-state index in [1.807, 2.05) is 60.7 Å². The highest BCUT2D eigenvalue weighted by Crippen LogP contribution is 2.28. The Morgan fingerprint density at radius 3 is 2.67 bits per heavy atom. The van der Waals surface area contributed by atoms with E-state index in [4.69, 9.17) is 4.74 Å². The van der Waals surface area contributed by atoms with Gasteiger partial charge in [-0.2, -0.15) is 0 Å². The first-order chi connectivity index (χ1) is 11.6. The van der Waals surface area contributed by atoms with Crippen LogP contribution < -0.4 is 4.74 Å². The lowest BCUT2D eigenvalue weighted by atomic mass is 9.94. The molecule has 0 radical (unpaired) electrons. The van der Waals surface area contributed by atoms with Gasteiger partial charge in [0.05, 0.1) is 6.04 Å². The first kappa shape index (κ1) is 16.3. The van der Waals surface area contributed by atoms with Gasteiger partial charge in [-0.15, -0.1) is 0 Å². The third-order valence-corrected chi connectivity index (χ3v) is 4.24. The van der Waals surface area contributed by atoms with Crippen LogP contribution in [0.3, 0.4) is 0 Å². The number of hydrogen-bond acceptors (Lipinski definition) is 3. The summed E-state index contributed by atoms with van der Waals surface area (Å²) in [4.78, 5) is 11.4. The Balaban J connectivity index is 1.70. The lowest BCUT2D eigenvalue weighted by molar-refractivity contribution is -0.175.